The van der Waals surface area contributed by atoms with Crippen molar-refractivity contribution in [2.75, 3.05) is 13.7 Å². The van der Waals surface area contributed by atoms with E-state index in [1.165, 1.54) is 11.2 Å². The first-order valence-electron chi connectivity index (χ1n) is 11.0. The maximum absolute atomic E-state index is 12.9. The Morgan fingerprint density at radius 3 is 2.35 bits per heavy atom. The number of hydrogen-bond acceptors (Lipinski definition) is 5. The molecule has 0 bridgehead atoms. The van der Waals surface area contributed by atoms with E-state index in [-0.39, 0.29) is 31.9 Å². The number of alkyl carbamates (subject to hydrolysis) is 1. The summed E-state index contributed by atoms with van der Waals surface area (Å²) in [6.07, 6.45) is 2.02. The summed E-state index contributed by atoms with van der Waals surface area (Å²) in [5.74, 6) is -1.58. The molecule has 9 nitrogen and oxygen atoms in total. The number of benzene rings is 2. The number of likely N-dealkylation sites (N-methyl/N-ethyl adjacent to an activating group) is 1. The number of aromatic nitrogens is 2. The van der Waals surface area contributed by atoms with E-state index < -0.39 is 24.0 Å². The number of carboxylic acids is 1. The van der Waals surface area contributed by atoms with Crippen molar-refractivity contribution in [1.82, 2.24) is 20.2 Å². The minimum absolute atomic E-state index is 0.0499. The van der Waals surface area contributed by atoms with Crippen LogP contribution in [0.4, 0.5) is 4.79 Å². The number of aliphatic carboxylic acids is 1. The average molecular weight is 463 g/mol. The van der Waals surface area contributed by atoms with Gasteiger partial charge in [0.1, 0.15) is 12.6 Å². The van der Waals surface area contributed by atoms with Gasteiger partial charge >= 0.3 is 12.1 Å². The van der Waals surface area contributed by atoms with Crippen LogP contribution >= 0.6 is 0 Å². The highest BCUT2D eigenvalue weighted by Gasteiger charge is 2.30. The minimum atomic E-state index is -1.05. The Hall–Kier alpha value is -4.14. The van der Waals surface area contributed by atoms with Gasteiger partial charge in [-0.1, -0.05) is 48.5 Å². The first-order valence-corrected chi connectivity index (χ1v) is 11.0. The van der Waals surface area contributed by atoms with Crippen LogP contribution in [0.5, 0.6) is 0 Å². The van der Waals surface area contributed by atoms with E-state index in [9.17, 15) is 14.4 Å². The maximum atomic E-state index is 12.9. The number of carbonyl (C=O) groups excluding carboxylic acids is 2. The lowest BCUT2D eigenvalue weighted by molar-refractivity contribution is -0.138. The first-order chi connectivity index (χ1) is 16.4. The van der Waals surface area contributed by atoms with Crippen LogP contribution in [0, 0.1) is 0 Å². The number of nitrogens with one attached hydrogen (secondary N) is 2. The highest BCUT2D eigenvalue weighted by Crippen LogP contribution is 2.44. The number of fused-ring (bicyclic) bond motifs is 3. The fourth-order valence-electron chi connectivity index (χ4n) is 4.28. The van der Waals surface area contributed by atoms with Crippen molar-refractivity contribution in [3.05, 3.63) is 77.9 Å². The topological polar surface area (TPSA) is 125 Å². The predicted octanol–water partition coefficient (Wildman–Crippen LogP) is 3.14. The molecule has 1 aliphatic carbocycles. The standard InChI is InChI=1S/C25H26N4O5/c1-29(13-16-12-26-15-27-16)24(32)22(10-11-23(30)31)28-25(33)34-14-21-19-8-4-2-6-17(19)18-7-3-5-9-20(18)21/h2-9,12,15,21-22H,10-11,13-14H2,1H3,(H,26,27)(H,28,33)(H,30,31). The molecule has 0 radical (unpaired) electrons. The van der Waals surface area contributed by atoms with Crippen molar-refractivity contribution < 1.29 is 24.2 Å². The Morgan fingerprint density at radius 2 is 1.76 bits per heavy atom. The van der Waals surface area contributed by atoms with Gasteiger partial charge in [0.25, 0.3) is 0 Å². The molecular formula is C25H26N4O5. The van der Waals surface area contributed by atoms with Gasteiger partial charge in [-0.3, -0.25) is 9.59 Å². The molecule has 0 fully saturated rings. The van der Waals surface area contributed by atoms with Crippen molar-refractivity contribution in [3.8, 4) is 11.1 Å². The first kappa shape index (κ1) is 23.0. The number of imidazole rings is 1. The molecule has 1 aromatic heterocycles. The van der Waals surface area contributed by atoms with Gasteiger partial charge < -0.3 is 25.0 Å². The normalized spacial score (nSPS) is 13.0. The van der Waals surface area contributed by atoms with Gasteiger partial charge in [-0.2, -0.15) is 0 Å². The number of amides is 2. The summed E-state index contributed by atoms with van der Waals surface area (Å²) >= 11 is 0. The monoisotopic (exact) mass is 462 g/mol. The Morgan fingerprint density at radius 1 is 1.12 bits per heavy atom. The highest BCUT2D eigenvalue weighted by molar-refractivity contribution is 5.86. The van der Waals surface area contributed by atoms with E-state index in [4.69, 9.17) is 9.84 Å². The van der Waals surface area contributed by atoms with Gasteiger partial charge in [-0.25, -0.2) is 9.78 Å². The van der Waals surface area contributed by atoms with Crippen molar-refractivity contribution in [2.24, 2.45) is 0 Å². The molecule has 1 atom stereocenters. The SMILES string of the molecule is CN(Cc1cnc[nH]1)C(=O)C(CCC(=O)O)NC(=O)OCC1c2ccccc2-c2ccccc21. The van der Waals surface area contributed by atoms with E-state index in [1.54, 1.807) is 13.2 Å². The number of carbonyl (C=O) groups is 3. The molecule has 34 heavy (non-hydrogen) atoms. The second-order valence-electron chi connectivity index (χ2n) is 8.23. The van der Waals surface area contributed by atoms with Crippen LogP contribution in [0.15, 0.2) is 61.1 Å². The summed E-state index contributed by atoms with van der Waals surface area (Å²) < 4.78 is 5.53. The Kier molecular flexibility index (Phi) is 6.91. The van der Waals surface area contributed by atoms with Crippen LogP contribution < -0.4 is 5.32 Å². The number of ether oxygens (including phenoxy) is 1. The number of rotatable bonds is 9. The summed E-state index contributed by atoms with van der Waals surface area (Å²) in [4.78, 5) is 44.9. The summed E-state index contributed by atoms with van der Waals surface area (Å²) in [6, 6.07) is 15.0. The Balaban J connectivity index is 1.41. The molecule has 4 rings (SSSR count). The van der Waals surface area contributed by atoms with Crippen LogP contribution in [0.2, 0.25) is 0 Å². The number of carboxylic acid groups (broad SMARTS) is 1. The zero-order valence-corrected chi connectivity index (χ0v) is 18.7. The van der Waals surface area contributed by atoms with E-state index >= 15 is 0 Å². The maximum Gasteiger partial charge on any atom is 0.407 e. The van der Waals surface area contributed by atoms with Crippen LogP contribution in [0.25, 0.3) is 11.1 Å². The molecule has 9 heteroatoms. The van der Waals surface area contributed by atoms with E-state index in [1.807, 2.05) is 48.5 Å². The van der Waals surface area contributed by atoms with Gasteiger partial charge in [0.2, 0.25) is 5.91 Å². The fourth-order valence-corrected chi connectivity index (χ4v) is 4.28. The zero-order chi connectivity index (χ0) is 24.1. The third-order valence-corrected chi connectivity index (χ3v) is 5.92. The summed E-state index contributed by atoms with van der Waals surface area (Å²) in [5.41, 5.74) is 5.10. The van der Waals surface area contributed by atoms with Gasteiger partial charge in [0.15, 0.2) is 0 Å². The number of hydrogen-bond donors (Lipinski definition) is 3. The molecule has 0 aliphatic heterocycles. The van der Waals surface area contributed by atoms with E-state index in [2.05, 4.69) is 15.3 Å². The zero-order valence-electron chi connectivity index (χ0n) is 18.7. The molecule has 3 aromatic rings. The average Bonchev–Trinajstić information content (AvgIpc) is 3.46. The van der Waals surface area contributed by atoms with Crippen molar-refractivity contribution in [1.29, 1.82) is 0 Å². The van der Waals surface area contributed by atoms with Crippen molar-refractivity contribution in [2.45, 2.75) is 31.3 Å². The second-order valence-corrected chi connectivity index (χ2v) is 8.23. The molecule has 0 saturated heterocycles. The predicted molar refractivity (Wildman–Crippen MR) is 124 cm³/mol. The molecular weight excluding hydrogens is 436 g/mol. The molecule has 2 amide bonds. The lowest BCUT2D eigenvalue weighted by Crippen LogP contribution is -2.47. The number of aromatic amines is 1. The highest BCUT2D eigenvalue weighted by atomic mass is 16.5. The van der Waals surface area contributed by atoms with Crippen LogP contribution in [-0.2, 0) is 20.9 Å². The molecule has 0 saturated carbocycles. The number of H-pyrrole nitrogens is 1. The van der Waals surface area contributed by atoms with Crippen LogP contribution in [0.3, 0.4) is 0 Å². The lowest BCUT2D eigenvalue weighted by Gasteiger charge is -2.24. The minimum Gasteiger partial charge on any atom is -0.481 e. The van der Waals surface area contributed by atoms with Crippen LogP contribution in [-0.4, -0.2) is 57.6 Å². The quantitative estimate of drug-likeness (QED) is 0.449. The van der Waals surface area contributed by atoms with Crippen molar-refractivity contribution >= 4 is 18.0 Å². The molecule has 176 valence electrons. The molecule has 2 aromatic carbocycles. The molecule has 1 aliphatic rings. The Labute approximate surface area is 196 Å². The molecule has 3 N–H and O–H groups in total. The lowest BCUT2D eigenvalue weighted by atomic mass is 9.98. The van der Waals surface area contributed by atoms with Gasteiger partial charge in [-0.05, 0) is 28.7 Å². The van der Waals surface area contributed by atoms with E-state index in [0.717, 1.165) is 22.3 Å². The largest absolute Gasteiger partial charge is 0.481 e. The summed E-state index contributed by atoms with van der Waals surface area (Å²) in [6.45, 7) is 0.346. The summed E-state index contributed by atoms with van der Waals surface area (Å²) in [5, 5.41) is 11.6. The molecule has 0 spiro atoms. The molecule has 1 heterocycles. The number of nitrogens with zero attached hydrogens (tertiary/aromatic N) is 2. The fraction of sp³-hybridized carbons (Fsp3) is 0.280. The third-order valence-electron chi connectivity index (χ3n) is 5.92. The Bertz CT molecular complexity index is 1130. The van der Waals surface area contributed by atoms with Crippen LogP contribution in [0.1, 0.15) is 35.6 Å². The van der Waals surface area contributed by atoms with E-state index in [0.29, 0.717) is 5.69 Å². The van der Waals surface area contributed by atoms with Gasteiger partial charge in [-0.15, -0.1) is 0 Å². The van der Waals surface area contributed by atoms with Gasteiger partial charge in [0.05, 0.1) is 18.6 Å². The third kappa shape index (κ3) is 5.09. The summed E-state index contributed by atoms with van der Waals surface area (Å²) in [7, 11) is 1.58. The van der Waals surface area contributed by atoms with Gasteiger partial charge in [0, 0.05) is 25.6 Å². The molecule has 1 unspecified atom stereocenters. The van der Waals surface area contributed by atoms with Crippen molar-refractivity contribution in [3.63, 3.8) is 0 Å². The smallest absolute Gasteiger partial charge is 0.407 e. The second kappa shape index (κ2) is 10.2.